The molecule has 2 aromatic carbocycles. The van der Waals surface area contributed by atoms with Crippen molar-refractivity contribution in [2.75, 3.05) is 5.73 Å². The monoisotopic (exact) mass is 407 g/mol. The summed E-state index contributed by atoms with van der Waals surface area (Å²) in [7, 11) is 0. The van der Waals surface area contributed by atoms with Crippen LogP contribution in [0.2, 0.25) is 0 Å². The molecule has 0 saturated heterocycles. The normalized spacial score (nSPS) is 10.5. The van der Waals surface area contributed by atoms with Gasteiger partial charge in [0, 0.05) is 17.2 Å². The quantitative estimate of drug-likeness (QED) is 0.520. The van der Waals surface area contributed by atoms with Crippen molar-refractivity contribution in [2.24, 2.45) is 0 Å². The van der Waals surface area contributed by atoms with E-state index in [1.165, 1.54) is 10.7 Å². The lowest BCUT2D eigenvalue weighted by Crippen LogP contribution is -2.24. The Hall–Kier alpha value is -4.24. The minimum Gasteiger partial charge on any atom is -0.381 e. The molecule has 0 bridgehead atoms. The molecule has 31 heavy (non-hydrogen) atoms. The van der Waals surface area contributed by atoms with E-state index in [0.717, 1.165) is 11.1 Å². The van der Waals surface area contributed by atoms with Crippen LogP contribution < -0.4 is 11.3 Å². The second-order valence-corrected chi connectivity index (χ2v) is 7.23. The van der Waals surface area contributed by atoms with E-state index in [2.05, 4.69) is 21.9 Å². The first-order valence-corrected chi connectivity index (χ1v) is 9.93. The van der Waals surface area contributed by atoms with Gasteiger partial charge in [0.25, 0.3) is 5.56 Å². The van der Waals surface area contributed by atoms with Crippen molar-refractivity contribution in [1.82, 2.24) is 19.7 Å². The third kappa shape index (κ3) is 4.36. The molecule has 2 heterocycles. The first-order chi connectivity index (χ1) is 15.0. The van der Waals surface area contributed by atoms with E-state index in [1.54, 1.807) is 6.07 Å². The first-order valence-electron chi connectivity index (χ1n) is 9.93. The highest BCUT2D eigenvalue weighted by molar-refractivity contribution is 5.78. The van der Waals surface area contributed by atoms with Gasteiger partial charge in [-0.3, -0.25) is 4.79 Å². The lowest BCUT2D eigenvalue weighted by atomic mass is 10.1. The van der Waals surface area contributed by atoms with Crippen LogP contribution in [0.5, 0.6) is 0 Å². The molecule has 0 unspecified atom stereocenters. The van der Waals surface area contributed by atoms with Crippen LogP contribution >= 0.6 is 0 Å². The predicted octanol–water partition coefficient (Wildman–Crippen LogP) is 3.93. The number of hydrogen-bond donors (Lipinski definition) is 1. The Morgan fingerprint density at radius 2 is 1.52 bits per heavy atom. The van der Waals surface area contributed by atoms with Gasteiger partial charge in [0.2, 0.25) is 0 Å². The Balaban J connectivity index is 1.92. The van der Waals surface area contributed by atoms with Crippen molar-refractivity contribution < 1.29 is 0 Å². The lowest BCUT2D eigenvalue weighted by molar-refractivity contribution is 0.504. The molecular weight excluding hydrogens is 386 g/mol. The molecule has 0 aliphatic carbocycles. The molecule has 0 fully saturated rings. The number of nitrogen functional groups attached to an aromatic ring is 1. The molecule has 2 aromatic heterocycles. The molecule has 6 heteroatoms. The van der Waals surface area contributed by atoms with Crippen LogP contribution in [-0.2, 0) is 0 Å². The summed E-state index contributed by atoms with van der Waals surface area (Å²) in [5.74, 6) is 6.33. The Morgan fingerprint density at radius 3 is 2.19 bits per heavy atom. The summed E-state index contributed by atoms with van der Waals surface area (Å²) >= 11 is 0. The molecule has 152 valence electrons. The van der Waals surface area contributed by atoms with Gasteiger partial charge in [-0.2, -0.15) is 5.10 Å². The Morgan fingerprint density at radius 1 is 0.839 bits per heavy atom. The smallest absolute Gasteiger partial charge is 0.267 e. The molecule has 0 amide bonds. The van der Waals surface area contributed by atoms with Crippen LogP contribution in [0.4, 0.5) is 5.82 Å². The molecule has 2 N–H and O–H groups in total. The molecule has 0 aliphatic heterocycles. The number of benzene rings is 2. The summed E-state index contributed by atoms with van der Waals surface area (Å²) in [6.45, 7) is 3.81. The van der Waals surface area contributed by atoms with Crippen molar-refractivity contribution in [1.29, 1.82) is 0 Å². The summed E-state index contributed by atoms with van der Waals surface area (Å²) in [6, 6.07) is 22.3. The van der Waals surface area contributed by atoms with Gasteiger partial charge < -0.3 is 5.73 Å². The largest absolute Gasteiger partial charge is 0.381 e. The van der Waals surface area contributed by atoms with Crippen LogP contribution in [0.15, 0.2) is 77.6 Å². The number of hydrogen-bond acceptors (Lipinski definition) is 5. The summed E-state index contributed by atoms with van der Waals surface area (Å²) in [5.41, 5.74) is 9.75. The fourth-order valence-corrected chi connectivity index (χ4v) is 3.09. The standard InChI is InChI=1S/C25H21N5O/c1-17(2)30-22(31)16-15-20(29-30)24-23(19-11-7-4-8-12-19)28-25(26)21(27-24)14-13-18-9-5-3-6-10-18/h3-12,15-17H,1-2H3,(H2,26,28). The highest BCUT2D eigenvalue weighted by Gasteiger charge is 2.17. The van der Waals surface area contributed by atoms with Crippen molar-refractivity contribution in [3.8, 4) is 34.5 Å². The molecule has 0 radical (unpaired) electrons. The summed E-state index contributed by atoms with van der Waals surface area (Å²) in [6.07, 6.45) is 0. The van der Waals surface area contributed by atoms with E-state index in [0.29, 0.717) is 22.8 Å². The van der Waals surface area contributed by atoms with E-state index >= 15 is 0 Å². The van der Waals surface area contributed by atoms with Gasteiger partial charge in [-0.15, -0.1) is 0 Å². The second kappa shape index (κ2) is 8.64. The van der Waals surface area contributed by atoms with E-state index < -0.39 is 0 Å². The molecule has 0 aliphatic rings. The minimum atomic E-state index is -0.174. The second-order valence-electron chi connectivity index (χ2n) is 7.23. The number of rotatable bonds is 3. The van der Waals surface area contributed by atoms with E-state index in [9.17, 15) is 4.79 Å². The van der Waals surface area contributed by atoms with Crippen LogP contribution in [-0.4, -0.2) is 19.7 Å². The number of nitrogens with two attached hydrogens (primary N) is 1. The average Bonchev–Trinajstić information content (AvgIpc) is 2.79. The van der Waals surface area contributed by atoms with Crippen LogP contribution in [0.25, 0.3) is 22.6 Å². The fraction of sp³-hybridized carbons (Fsp3) is 0.120. The zero-order chi connectivity index (χ0) is 21.8. The Kier molecular flexibility index (Phi) is 5.59. The van der Waals surface area contributed by atoms with E-state index in [1.807, 2.05) is 74.5 Å². The Bertz CT molecular complexity index is 1330. The molecule has 0 spiro atoms. The van der Waals surface area contributed by atoms with Gasteiger partial charge >= 0.3 is 0 Å². The molecule has 4 rings (SSSR count). The maximum absolute atomic E-state index is 12.2. The zero-order valence-corrected chi connectivity index (χ0v) is 17.3. The maximum atomic E-state index is 12.2. The van der Waals surface area contributed by atoms with E-state index in [4.69, 9.17) is 10.7 Å². The van der Waals surface area contributed by atoms with Crippen LogP contribution in [0.3, 0.4) is 0 Å². The van der Waals surface area contributed by atoms with Gasteiger partial charge in [-0.1, -0.05) is 54.5 Å². The van der Waals surface area contributed by atoms with Gasteiger partial charge in [-0.05, 0) is 38.0 Å². The first kappa shape index (κ1) is 20.0. The van der Waals surface area contributed by atoms with Gasteiger partial charge in [-0.25, -0.2) is 14.6 Å². The molecule has 4 aromatic rings. The zero-order valence-electron chi connectivity index (χ0n) is 17.3. The highest BCUT2D eigenvalue weighted by atomic mass is 16.1. The fourth-order valence-electron chi connectivity index (χ4n) is 3.09. The molecular formula is C25H21N5O. The maximum Gasteiger partial charge on any atom is 0.267 e. The Labute approximate surface area is 180 Å². The predicted molar refractivity (Wildman–Crippen MR) is 122 cm³/mol. The van der Waals surface area contributed by atoms with Crippen molar-refractivity contribution in [3.05, 3.63) is 94.4 Å². The van der Waals surface area contributed by atoms with Crippen molar-refractivity contribution >= 4 is 5.82 Å². The molecule has 0 atom stereocenters. The van der Waals surface area contributed by atoms with Gasteiger partial charge in [0.15, 0.2) is 11.5 Å². The topological polar surface area (TPSA) is 86.7 Å². The average molecular weight is 407 g/mol. The molecule has 6 nitrogen and oxygen atoms in total. The van der Waals surface area contributed by atoms with Crippen molar-refractivity contribution in [2.45, 2.75) is 19.9 Å². The number of nitrogens with zero attached hydrogens (tertiary/aromatic N) is 4. The van der Waals surface area contributed by atoms with E-state index in [-0.39, 0.29) is 17.4 Å². The summed E-state index contributed by atoms with van der Waals surface area (Å²) in [4.78, 5) is 21.5. The van der Waals surface area contributed by atoms with Crippen molar-refractivity contribution in [3.63, 3.8) is 0 Å². The highest BCUT2D eigenvalue weighted by Crippen LogP contribution is 2.29. The summed E-state index contributed by atoms with van der Waals surface area (Å²) < 4.78 is 1.43. The van der Waals surface area contributed by atoms with Crippen LogP contribution in [0, 0.1) is 11.8 Å². The summed E-state index contributed by atoms with van der Waals surface area (Å²) in [5, 5.41) is 4.53. The van der Waals surface area contributed by atoms with Crippen LogP contribution in [0.1, 0.15) is 31.1 Å². The number of aromatic nitrogens is 4. The minimum absolute atomic E-state index is 0.0910. The van der Waals surface area contributed by atoms with Gasteiger partial charge in [0.05, 0.1) is 6.04 Å². The van der Waals surface area contributed by atoms with Gasteiger partial charge in [0.1, 0.15) is 17.1 Å². The SMILES string of the molecule is CC(C)n1nc(-c2nc(C#Cc3ccccc3)c(N)nc2-c2ccccc2)ccc1=O. The lowest BCUT2D eigenvalue weighted by Gasteiger charge is -2.13. The third-order valence-electron chi connectivity index (χ3n) is 4.63. The molecule has 0 saturated carbocycles. The number of anilines is 1. The third-order valence-corrected chi connectivity index (χ3v) is 4.63.